The Labute approximate surface area is 82.0 Å². The summed E-state index contributed by atoms with van der Waals surface area (Å²) < 4.78 is 13.4. The Kier molecular flexibility index (Phi) is 4.02. The molecule has 0 saturated carbocycles. The van der Waals surface area contributed by atoms with Gasteiger partial charge in [0.1, 0.15) is 6.33 Å². The Morgan fingerprint density at radius 2 is 2.29 bits per heavy atom. The average molecular weight is 194 g/mol. The number of nitrogens with zero attached hydrogens (tertiary/aromatic N) is 2. The van der Waals surface area contributed by atoms with Gasteiger partial charge in [-0.1, -0.05) is 12.8 Å². The Balaban J connectivity index is 2.94. The average Bonchev–Trinajstić information content (AvgIpc) is 2.21. The minimum Gasteiger partial charge on any atom is -0.395 e. The molecule has 0 aromatic carbocycles. The van der Waals surface area contributed by atoms with Crippen LogP contribution in [0.5, 0.6) is 0 Å². The van der Waals surface area contributed by atoms with Crippen molar-refractivity contribution < 1.29 is 9.50 Å². The summed E-state index contributed by atoms with van der Waals surface area (Å²) in [5, 5.41) is 8.49. The lowest BCUT2D eigenvalue weighted by atomic mass is 10.2. The van der Waals surface area contributed by atoms with Crippen LogP contribution < -0.4 is 0 Å². The van der Waals surface area contributed by atoms with E-state index in [0.29, 0.717) is 18.5 Å². The number of aryl methyl sites for hydroxylation is 1. The number of hydrogen-bond acceptors (Lipinski definition) is 3. The molecule has 1 aromatic heterocycles. The first kappa shape index (κ1) is 10.6. The van der Waals surface area contributed by atoms with E-state index in [1.165, 1.54) is 6.33 Å². The number of halogens is 1. The van der Waals surface area contributed by atoms with Gasteiger partial charge in [-0.15, -0.1) is 0 Å². The second-order valence-corrected chi connectivity index (χ2v) is 2.61. The van der Waals surface area contributed by atoms with Crippen LogP contribution in [0.15, 0.2) is 6.33 Å². The van der Waals surface area contributed by atoms with E-state index < -0.39 is 5.82 Å². The van der Waals surface area contributed by atoms with Gasteiger partial charge in [0, 0.05) is 6.42 Å². The van der Waals surface area contributed by atoms with Gasteiger partial charge in [0.25, 0.3) is 0 Å². The van der Waals surface area contributed by atoms with E-state index in [1.807, 2.05) is 6.92 Å². The first-order valence-corrected chi connectivity index (χ1v) is 4.38. The molecule has 1 N–H and O–H groups in total. The van der Waals surface area contributed by atoms with Gasteiger partial charge in [0.15, 0.2) is 11.5 Å². The maximum atomic E-state index is 13.4. The van der Waals surface area contributed by atoms with Crippen molar-refractivity contribution in [2.45, 2.75) is 19.8 Å². The van der Waals surface area contributed by atoms with E-state index in [-0.39, 0.29) is 12.3 Å². The fourth-order valence-corrected chi connectivity index (χ4v) is 0.942. The Hall–Kier alpha value is -1.47. The van der Waals surface area contributed by atoms with Crippen molar-refractivity contribution in [2.24, 2.45) is 0 Å². The van der Waals surface area contributed by atoms with E-state index in [4.69, 9.17) is 5.11 Å². The Bertz CT molecular complexity index is 368. The van der Waals surface area contributed by atoms with Crippen LogP contribution in [0.2, 0.25) is 0 Å². The molecular formula is C10H11FN2O. The van der Waals surface area contributed by atoms with Crippen LogP contribution in [0.1, 0.15) is 24.7 Å². The zero-order valence-corrected chi connectivity index (χ0v) is 7.92. The van der Waals surface area contributed by atoms with Gasteiger partial charge >= 0.3 is 0 Å². The second-order valence-electron chi connectivity index (χ2n) is 2.61. The summed E-state index contributed by atoms with van der Waals surface area (Å²) in [6, 6.07) is 0. The van der Waals surface area contributed by atoms with Gasteiger partial charge in [-0.3, -0.25) is 0 Å². The highest BCUT2D eigenvalue weighted by Crippen LogP contribution is 2.06. The SMILES string of the molecule is CCc1ncnc(C#CCCO)c1F. The lowest BCUT2D eigenvalue weighted by molar-refractivity contribution is 0.305. The molecule has 4 heteroatoms. The quantitative estimate of drug-likeness (QED) is 0.712. The van der Waals surface area contributed by atoms with Crippen LogP contribution in [-0.4, -0.2) is 21.7 Å². The van der Waals surface area contributed by atoms with Gasteiger partial charge in [-0.2, -0.15) is 0 Å². The van der Waals surface area contributed by atoms with E-state index in [0.717, 1.165) is 0 Å². The van der Waals surface area contributed by atoms with Gasteiger partial charge in [-0.05, 0) is 12.3 Å². The fourth-order valence-electron chi connectivity index (χ4n) is 0.942. The minimum absolute atomic E-state index is 0.0274. The summed E-state index contributed by atoms with van der Waals surface area (Å²) in [5.41, 5.74) is 0.471. The second kappa shape index (κ2) is 5.30. The highest BCUT2D eigenvalue weighted by Gasteiger charge is 2.06. The molecule has 0 fully saturated rings. The molecule has 1 aromatic rings. The Morgan fingerprint density at radius 1 is 1.50 bits per heavy atom. The van der Waals surface area contributed by atoms with Crippen molar-refractivity contribution in [3.63, 3.8) is 0 Å². The predicted molar refractivity (Wildman–Crippen MR) is 49.9 cm³/mol. The summed E-state index contributed by atoms with van der Waals surface area (Å²) in [6.45, 7) is 1.79. The number of aliphatic hydroxyl groups excluding tert-OH is 1. The highest BCUT2D eigenvalue weighted by atomic mass is 19.1. The van der Waals surface area contributed by atoms with Crippen molar-refractivity contribution in [2.75, 3.05) is 6.61 Å². The molecule has 0 atom stereocenters. The molecule has 0 bridgehead atoms. The van der Waals surface area contributed by atoms with Gasteiger partial charge in [0.2, 0.25) is 0 Å². The first-order valence-electron chi connectivity index (χ1n) is 4.38. The molecule has 1 heterocycles. The summed E-state index contributed by atoms with van der Waals surface area (Å²) in [5.74, 6) is 4.71. The zero-order chi connectivity index (χ0) is 10.4. The molecule has 0 amide bonds. The van der Waals surface area contributed by atoms with Gasteiger partial charge < -0.3 is 5.11 Å². The molecule has 0 aliphatic rings. The third-order valence-corrected chi connectivity index (χ3v) is 1.64. The van der Waals surface area contributed by atoms with Gasteiger partial charge in [-0.25, -0.2) is 14.4 Å². The summed E-state index contributed by atoms with van der Waals surface area (Å²) >= 11 is 0. The topological polar surface area (TPSA) is 46.0 Å². The summed E-state index contributed by atoms with van der Waals surface area (Å²) in [4.78, 5) is 7.50. The van der Waals surface area contributed by atoms with Crippen LogP contribution in [-0.2, 0) is 6.42 Å². The van der Waals surface area contributed by atoms with Crippen LogP contribution in [0.3, 0.4) is 0 Å². The normalized spacial score (nSPS) is 9.36. The number of aliphatic hydroxyl groups is 1. The molecule has 1 rings (SSSR count). The van der Waals surface area contributed by atoms with Crippen LogP contribution in [0, 0.1) is 17.7 Å². The smallest absolute Gasteiger partial charge is 0.178 e. The molecule has 0 aliphatic carbocycles. The van der Waals surface area contributed by atoms with Crippen LogP contribution >= 0.6 is 0 Å². The van der Waals surface area contributed by atoms with Crippen molar-refractivity contribution in [1.29, 1.82) is 0 Å². The standard InChI is InChI=1S/C10H11FN2O/c1-2-8-10(11)9(13-7-12-8)5-3-4-6-14/h7,14H,2,4,6H2,1H3. The molecular weight excluding hydrogens is 183 g/mol. The van der Waals surface area contributed by atoms with Crippen molar-refractivity contribution in [3.8, 4) is 11.8 Å². The lowest BCUT2D eigenvalue weighted by Gasteiger charge is -1.98. The third-order valence-electron chi connectivity index (χ3n) is 1.64. The van der Waals surface area contributed by atoms with E-state index in [1.54, 1.807) is 0 Å². The first-order chi connectivity index (χ1) is 6.79. The largest absolute Gasteiger partial charge is 0.395 e. The monoisotopic (exact) mass is 194 g/mol. The number of aromatic nitrogens is 2. The molecule has 0 spiro atoms. The molecule has 14 heavy (non-hydrogen) atoms. The Morgan fingerprint density at radius 3 is 2.93 bits per heavy atom. The molecule has 0 unspecified atom stereocenters. The molecule has 0 aliphatic heterocycles. The van der Waals surface area contributed by atoms with Crippen LogP contribution in [0.25, 0.3) is 0 Å². The molecule has 0 radical (unpaired) electrons. The predicted octanol–water partition coefficient (Wildman–Crippen LogP) is 0.912. The number of hydrogen-bond donors (Lipinski definition) is 1. The highest BCUT2D eigenvalue weighted by molar-refractivity contribution is 5.29. The molecule has 74 valence electrons. The fraction of sp³-hybridized carbons (Fsp3) is 0.400. The summed E-state index contributed by atoms with van der Waals surface area (Å²) in [7, 11) is 0. The van der Waals surface area contributed by atoms with Gasteiger partial charge in [0.05, 0.1) is 12.3 Å². The molecule has 3 nitrogen and oxygen atoms in total. The molecule has 0 saturated heterocycles. The van der Waals surface area contributed by atoms with E-state index in [2.05, 4.69) is 21.8 Å². The van der Waals surface area contributed by atoms with Crippen LogP contribution in [0.4, 0.5) is 4.39 Å². The summed E-state index contributed by atoms with van der Waals surface area (Å²) in [6.07, 6.45) is 2.14. The minimum atomic E-state index is -0.458. The third kappa shape index (κ3) is 2.51. The van der Waals surface area contributed by atoms with Crippen molar-refractivity contribution >= 4 is 0 Å². The van der Waals surface area contributed by atoms with Crippen molar-refractivity contribution in [1.82, 2.24) is 9.97 Å². The maximum absolute atomic E-state index is 13.4. The van der Waals surface area contributed by atoms with E-state index in [9.17, 15) is 4.39 Å². The lowest BCUT2D eigenvalue weighted by Crippen LogP contribution is -1.99. The zero-order valence-electron chi connectivity index (χ0n) is 7.92. The number of rotatable bonds is 2. The maximum Gasteiger partial charge on any atom is 0.178 e. The van der Waals surface area contributed by atoms with Crippen molar-refractivity contribution in [3.05, 3.63) is 23.5 Å². The van der Waals surface area contributed by atoms with E-state index >= 15 is 0 Å².